The van der Waals surface area contributed by atoms with E-state index in [-0.39, 0.29) is 24.1 Å². The van der Waals surface area contributed by atoms with Crippen LogP contribution in [0.4, 0.5) is 9.57 Å². The van der Waals surface area contributed by atoms with E-state index < -0.39 is 15.1 Å². The van der Waals surface area contributed by atoms with Gasteiger partial charge in [-0.15, -0.1) is 3.89 Å². The normalized spacial score (nSPS) is 19.3. The van der Waals surface area contributed by atoms with E-state index in [9.17, 15) is 17.1 Å². The van der Waals surface area contributed by atoms with Crippen molar-refractivity contribution in [1.82, 2.24) is 0 Å². The molecule has 0 spiro atoms. The molecular weight excluding hydrogens is 273 g/mol. The van der Waals surface area contributed by atoms with E-state index in [2.05, 4.69) is 5.32 Å². The van der Waals surface area contributed by atoms with Crippen molar-refractivity contribution < 1.29 is 21.8 Å². The SMILES string of the molecule is O=C(CC1CCCO1)Nc1ccccc1S(=O)(=O)F. The fourth-order valence-corrected chi connectivity index (χ4v) is 2.62. The average molecular weight is 287 g/mol. The fraction of sp³-hybridized carbons (Fsp3) is 0.417. The lowest BCUT2D eigenvalue weighted by molar-refractivity contribution is -0.118. The molecule has 5 nitrogen and oxygen atoms in total. The highest BCUT2D eigenvalue weighted by molar-refractivity contribution is 7.86. The Kier molecular flexibility index (Phi) is 4.16. The van der Waals surface area contributed by atoms with Gasteiger partial charge in [0.25, 0.3) is 0 Å². The third kappa shape index (κ3) is 3.74. The Labute approximate surface area is 111 Å². The molecule has 104 valence electrons. The summed E-state index contributed by atoms with van der Waals surface area (Å²) in [6.45, 7) is 0.632. The van der Waals surface area contributed by atoms with Gasteiger partial charge in [0.1, 0.15) is 4.90 Å². The number of carbonyl (C=O) groups is 1. The molecular formula is C12H14FNO4S. The standard InChI is InChI=1S/C12H14FNO4S/c13-19(16,17)11-6-2-1-5-10(11)14-12(15)8-9-4-3-7-18-9/h1-2,5-6,9H,3-4,7-8H2,(H,14,15). The van der Waals surface area contributed by atoms with Crippen LogP contribution >= 0.6 is 0 Å². The Morgan fingerprint density at radius 1 is 1.42 bits per heavy atom. The van der Waals surface area contributed by atoms with Crippen molar-refractivity contribution in [3.63, 3.8) is 0 Å². The van der Waals surface area contributed by atoms with E-state index in [0.717, 1.165) is 18.9 Å². The molecule has 7 heteroatoms. The zero-order valence-corrected chi connectivity index (χ0v) is 11.0. The lowest BCUT2D eigenvalue weighted by Gasteiger charge is -2.11. The van der Waals surface area contributed by atoms with E-state index in [1.165, 1.54) is 18.2 Å². The van der Waals surface area contributed by atoms with Crippen molar-refractivity contribution in [3.05, 3.63) is 24.3 Å². The van der Waals surface area contributed by atoms with Gasteiger partial charge in [-0.25, -0.2) is 0 Å². The Morgan fingerprint density at radius 3 is 2.79 bits per heavy atom. The van der Waals surface area contributed by atoms with Crippen molar-refractivity contribution in [1.29, 1.82) is 0 Å². The molecule has 0 bridgehead atoms. The predicted octanol–water partition coefficient (Wildman–Crippen LogP) is 1.85. The summed E-state index contributed by atoms with van der Waals surface area (Å²) in [6, 6.07) is 5.37. The number of halogens is 1. The average Bonchev–Trinajstić information content (AvgIpc) is 2.81. The smallest absolute Gasteiger partial charge is 0.334 e. The van der Waals surface area contributed by atoms with Gasteiger partial charge in [-0.05, 0) is 25.0 Å². The number of hydrogen-bond donors (Lipinski definition) is 1. The number of carbonyl (C=O) groups excluding carboxylic acids is 1. The first kappa shape index (κ1) is 14.0. The second-order valence-electron chi connectivity index (χ2n) is 4.32. The summed E-state index contributed by atoms with van der Waals surface area (Å²) in [7, 11) is -4.85. The van der Waals surface area contributed by atoms with Gasteiger partial charge in [-0.1, -0.05) is 12.1 Å². The van der Waals surface area contributed by atoms with Crippen molar-refractivity contribution in [2.45, 2.75) is 30.3 Å². The maximum absolute atomic E-state index is 13.0. The molecule has 0 saturated carbocycles. The summed E-state index contributed by atoms with van der Waals surface area (Å²) in [6.07, 6.45) is 1.71. The van der Waals surface area contributed by atoms with Gasteiger partial charge in [0, 0.05) is 6.61 Å². The van der Waals surface area contributed by atoms with Crippen LogP contribution in [0, 0.1) is 0 Å². The summed E-state index contributed by atoms with van der Waals surface area (Å²) in [5.41, 5.74) is -0.0482. The van der Waals surface area contributed by atoms with E-state index in [0.29, 0.717) is 6.61 Å². The topological polar surface area (TPSA) is 72.5 Å². The molecule has 1 atom stereocenters. The number of nitrogens with one attached hydrogen (secondary N) is 1. The molecule has 1 heterocycles. The molecule has 2 rings (SSSR count). The van der Waals surface area contributed by atoms with Crippen LogP contribution in [0.1, 0.15) is 19.3 Å². The van der Waals surface area contributed by atoms with E-state index in [1.807, 2.05) is 0 Å². The van der Waals surface area contributed by atoms with Crippen molar-refractivity contribution in [2.75, 3.05) is 11.9 Å². The molecule has 1 aliphatic heterocycles. The summed E-state index contributed by atoms with van der Waals surface area (Å²) >= 11 is 0. The minimum Gasteiger partial charge on any atom is -0.378 e. The third-order valence-corrected chi connectivity index (χ3v) is 3.74. The van der Waals surface area contributed by atoms with E-state index in [1.54, 1.807) is 0 Å². The zero-order chi connectivity index (χ0) is 13.9. The van der Waals surface area contributed by atoms with Crippen LogP contribution in [0.15, 0.2) is 29.2 Å². The quantitative estimate of drug-likeness (QED) is 0.858. The molecule has 1 aromatic rings. The first-order valence-electron chi connectivity index (χ1n) is 5.92. The molecule has 1 N–H and O–H groups in total. The molecule has 1 fully saturated rings. The number of amides is 1. The van der Waals surface area contributed by atoms with Gasteiger partial charge in [-0.2, -0.15) is 8.42 Å². The summed E-state index contributed by atoms with van der Waals surface area (Å²) in [5, 5.41) is 2.41. The highest BCUT2D eigenvalue weighted by Crippen LogP contribution is 2.23. The third-order valence-electron chi connectivity index (χ3n) is 2.86. The molecule has 0 aliphatic carbocycles. The van der Waals surface area contributed by atoms with Crippen LogP contribution in [0.2, 0.25) is 0 Å². The number of benzene rings is 1. The molecule has 1 aromatic carbocycles. The van der Waals surface area contributed by atoms with Crippen LogP contribution in [0.3, 0.4) is 0 Å². The molecule has 0 radical (unpaired) electrons. The van der Waals surface area contributed by atoms with Gasteiger partial charge >= 0.3 is 10.2 Å². The Hall–Kier alpha value is -1.47. The van der Waals surface area contributed by atoms with Crippen molar-refractivity contribution >= 4 is 21.8 Å². The van der Waals surface area contributed by atoms with Crippen LogP contribution < -0.4 is 5.32 Å². The highest BCUT2D eigenvalue weighted by atomic mass is 32.3. The van der Waals surface area contributed by atoms with Gasteiger partial charge in [-0.3, -0.25) is 4.79 Å². The lowest BCUT2D eigenvalue weighted by Crippen LogP contribution is -2.20. The predicted molar refractivity (Wildman–Crippen MR) is 67.0 cm³/mol. The van der Waals surface area contributed by atoms with Crippen molar-refractivity contribution in [2.24, 2.45) is 0 Å². The Morgan fingerprint density at radius 2 is 2.16 bits per heavy atom. The van der Waals surface area contributed by atoms with Gasteiger partial charge in [0.2, 0.25) is 5.91 Å². The maximum Gasteiger partial charge on any atom is 0.334 e. The highest BCUT2D eigenvalue weighted by Gasteiger charge is 2.22. The van der Waals surface area contributed by atoms with E-state index >= 15 is 0 Å². The molecule has 1 aliphatic rings. The monoisotopic (exact) mass is 287 g/mol. The maximum atomic E-state index is 13.0. The second kappa shape index (κ2) is 5.66. The van der Waals surface area contributed by atoms with Gasteiger partial charge < -0.3 is 10.1 Å². The lowest BCUT2D eigenvalue weighted by atomic mass is 10.2. The molecule has 0 aromatic heterocycles. The minimum atomic E-state index is -4.85. The van der Waals surface area contributed by atoms with Gasteiger partial charge in [0.15, 0.2) is 0 Å². The molecule has 1 unspecified atom stereocenters. The van der Waals surface area contributed by atoms with Gasteiger partial charge in [0.05, 0.1) is 18.2 Å². The molecule has 1 amide bonds. The second-order valence-corrected chi connectivity index (χ2v) is 5.64. The van der Waals surface area contributed by atoms with Crippen LogP contribution in [-0.2, 0) is 19.8 Å². The summed E-state index contributed by atoms with van der Waals surface area (Å²) in [4.78, 5) is 11.2. The first-order valence-corrected chi connectivity index (χ1v) is 7.30. The van der Waals surface area contributed by atoms with Crippen LogP contribution in [-0.4, -0.2) is 27.0 Å². The summed E-state index contributed by atoms with van der Waals surface area (Å²) in [5.74, 6) is -0.386. The molecule has 19 heavy (non-hydrogen) atoms. The fourth-order valence-electron chi connectivity index (χ4n) is 2.00. The van der Waals surface area contributed by atoms with E-state index in [4.69, 9.17) is 4.74 Å². The minimum absolute atomic E-state index is 0.0482. The zero-order valence-electron chi connectivity index (χ0n) is 10.1. The number of para-hydroxylation sites is 1. The first-order chi connectivity index (χ1) is 8.97. The number of ether oxygens (including phenoxy) is 1. The summed E-state index contributed by atoms with van der Waals surface area (Å²) < 4.78 is 40.2. The Bertz CT molecular complexity index is 567. The Balaban J connectivity index is 2.08. The number of hydrogen-bond acceptors (Lipinski definition) is 4. The van der Waals surface area contributed by atoms with Crippen LogP contribution in [0.5, 0.6) is 0 Å². The molecule has 1 saturated heterocycles. The number of rotatable bonds is 4. The van der Waals surface area contributed by atoms with Crippen molar-refractivity contribution in [3.8, 4) is 0 Å². The van der Waals surface area contributed by atoms with Crippen LogP contribution in [0.25, 0.3) is 0 Å². The number of anilines is 1. The largest absolute Gasteiger partial charge is 0.378 e.